The molecule has 2 aromatic carbocycles. The summed E-state index contributed by atoms with van der Waals surface area (Å²) in [5.41, 5.74) is 3.46. The van der Waals surface area contributed by atoms with Gasteiger partial charge in [-0.25, -0.2) is 4.79 Å². The minimum absolute atomic E-state index is 0.230. The van der Waals surface area contributed by atoms with Crippen LogP contribution in [-0.2, 0) is 4.74 Å². The van der Waals surface area contributed by atoms with Crippen molar-refractivity contribution in [2.75, 3.05) is 25.5 Å². The van der Waals surface area contributed by atoms with E-state index >= 15 is 0 Å². The molecule has 0 saturated carbocycles. The summed E-state index contributed by atoms with van der Waals surface area (Å²) in [5.74, 6) is -0.251. The molecule has 0 spiro atoms. The van der Waals surface area contributed by atoms with Crippen LogP contribution in [0.25, 0.3) is 0 Å². The molecule has 0 bridgehead atoms. The number of esters is 1. The van der Waals surface area contributed by atoms with E-state index in [2.05, 4.69) is 32.6 Å². The molecule has 0 atom stereocenters. The SMILES string of the molecule is COC(=O)c1ccc(Br)cc1NC(=O)c1cc(C2CCNCC2)ccc1C. The highest BCUT2D eigenvalue weighted by molar-refractivity contribution is 9.10. The van der Waals surface area contributed by atoms with Crippen LogP contribution in [0.1, 0.15) is 50.6 Å². The van der Waals surface area contributed by atoms with Gasteiger partial charge in [-0.3, -0.25) is 4.79 Å². The Morgan fingerprint density at radius 1 is 1.11 bits per heavy atom. The standard InChI is InChI=1S/C21H23BrN2O3/c1-13-3-4-15(14-7-9-23-10-8-14)11-18(13)20(25)24-19-12-16(22)5-6-17(19)21(26)27-2/h3-6,11-12,14,23H,7-10H2,1-2H3,(H,24,25). The fourth-order valence-electron chi connectivity index (χ4n) is 3.39. The molecule has 27 heavy (non-hydrogen) atoms. The van der Waals surface area contributed by atoms with Crippen LogP contribution in [0.4, 0.5) is 5.69 Å². The lowest BCUT2D eigenvalue weighted by Crippen LogP contribution is -2.26. The number of anilines is 1. The summed E-state index contributed by atoms with van der Waals surface area (Å²) >= 11 is 3.38. The first-order valence-corrected chi connectivity index (χ1v) is 9.79. The van der Waals surface area contributed by atoms with Gasteiger partial charge in [-0.2, -0.15) is 0 Å². The van der Waals surface area contributed by atoms with Crippen molar-refractivity contribution in [3.8, 4) is 0 Å². The average molecular weight is 431 g/mol. The minimum Gasteiger partial charge on any atom is -0.465 e. The Bertz CT molecular complexity index is 861. The third-order valence-electron chi connectivity index (χ3n) is 4.95. The largest absolute Gasteiger partial charge is 0.465 e. The summed E-state index contributed by atoms with van der Waals surface area (Å²) in [6.45, 7) is 3.92. The van der Waals surface area contributed by atoms with Gasteiger partial charge >= 0.3 is 5.97 Å². The second-order valence-electron chi connectivity index (χ2n) is 6.73. The molecule has 1 aliphatic heterocycles. The van der Waals surface area contributed by atoms with Gasteiger partial charge in [0.25, 0.3) is 5.91 Å². The number of hydrogen-bond donors (Lipinski definition) is 2. The Morgan fingerprint density at radius 3 is 2.56 bits per heavy atom. The first-order valence-electron chi connectivity index (χ1n) is 9.00. The molecule has 1 aliphatic rings. The lowest BCUT2D eigenvalue weighted by Gasteiger charge is -2.23. The summed E-state index contributed by atoms with van der Waals surface area (Å²) in [6, 6.07) is 11.2. The van der Waals surface area contributed by atoms with Crippen LogP contribution in [-0.4, -0.2) is 32.1 Å². The first-order chi connectivity index (χ1) is 13.0. The van der Waals surface area contributed by atoms with Crippen LogP contribution in [0.15, 0.2) is 40.9 Å². The highest BCUT2D eigenvalue weighted by Crippen LogP contribution is 2.28. The number of rotatable bonds is 4. The maximum Gasteiger partial charge on any atom is 0.339 e. The number of halogens is 1. The number of aryl methyl sites for hydroxylation is 1. The van der Waals surface area contributed by atoms with Crippen LogP contribution >= 0.6 is 15.9 Å². The monoisotopic (exact) mass is 430 g/mol. The fourth-order valence-corrected chi connectivity index (χ4v) is 3.75. The third-order valence-corrected chi connectivity index (χ3v) is 5.45. The van der Waals surface area contributed by atoms with Gasteiger partial charge in [0, 0.05) is 10.0 Å². The molecular formula is C21H23BrN2O3. The van der Waals surface area contributed by atoms with E-state index in [-0.39, 0.29) is 5.91 Å². The quantitative estimate of drug-likeness (QED) is 0.710. The zero-order chi connectivity index (χ0) is 19.4. The number of carbonyl (C=O) groups is 2. The molecule has 5 nitrogen and oxygen atoms in total. The Kier molecular flexibility index (Phi) is 6.29. The van der Waals surface area contributed by atoms with Gasteiger partial charge in [0.1, 0.15) is 0 Å². The zero-order valence-corrected chi connectivity index (χ0v) is 17.1. The summed E-state index contributed by atoms with van der Waals surface area (Å²) in [6.07, 6.45) is 2.14. The predicted molar refractivity (Wildman–Crippen MR) is 109 cm³/mol. The van der Waals surface area contributed by atoms with Crippen molar-refractivity contribution in [1.29, 1.82) is 0 Å². The van der Waals surface area contributed by atoms with Crippen LogP contribution in [0.5, 0.6) is 0 Å². The number of hydrogen-bond acceptors (Lipinski definition) is 4. The third kappa shape index (κ3) is 4.57. The molecule has 1 heterocycles. The predicted octanol–water partition coefficient (Wildman–Crippen LogP) is 4.26. The zero-order valence-electron chi connectivity index (χ0n) is 15.5. The summed E-state index contributed by atoms with van der Waals surface area (Å²) in [4.78, 5) is 24.9. The van der Waals surface area contributed by atoms with Crippen molar-refractivity contribution < 1.29 is 14.3 Å². The molecule has 2 N–H and O–H groups in total. The van der Waals surface area contributed by atoms with Gasteiger partial charge < -0.3 is 15.4 Å². The Labute approximate surface area is 167 Å². The van der Waals surface area contributed by atoms with E-state index in [0.717, 1.165) is 36.0 Å². The molecule has 1 saturated heterocycles. The van der Waals surface area contributed by atoms with E-state index in [1.165, 1.54) is 12.7 Å². The number of ether oxygens (including phenoxy) is 1. The van der Waals surface area contributed by atoms with Crippen molar-refractivity contribution in [3.63, 3.8) is 0 Å². The average Bonchev–Trinajstić information content (AvgIpc) is 2.68. The van der Waals surface area contributed by atoms with Gasteiger partial charge in [-0.05, 0) is 74.2 Å². The number of amides is 1. The number of methoxy groups -OCH3 is 1. The van der Waals surface area contributed by atoms with E-state index in [1.54, 1.807) is 18.2 Å². The van der Waals surface area contributed by atoms with Crippen molar-refractivity contribution in [2.45, 2.75) is 25.7 Å². The molecule has 0 unspecified atom stereocenters. The van der Waals surface area contributed by atoms with Crippen LogP contribution in [0.3, 0.4) is 0 Å². The van der Waals surface area contributed by atoms with Crippen LogP contribution in [0.2, 0.25) is 0 Å². The van der Waals surface area contributed by atoms with Gasteiger partial charge in [-0.15, -0.1) is 0 Å². The Balaban J connectivity index is 1.88. The lowest BCUT2D eigenvalue weighted by atomic mass is 9.88. The van der Waals surface area contributed by atoms with Crippen molar-refractivity contribution >= 4 is 33.5 Å². The molecule has 1 fully saturated rings. The first kappa shape index (κ1) is 19.6. The molecule has 3 rings (SSSR count). The molecule has 0 radical (unpaired) electrons. The van der Waals surface area contributed by atoms with Crippen molar-refractivity contribution in [2.24, 2.45) is 0 Å². The second kappa shape index (κ2) is 8.67. The van der Waals surface area contributed by atoms with E-state index < -0.39 is 5.97 Å². The highest BCUT2D eigenvalue weighted by Gasteiger charge is 2.20. The Morgan fingerprint density at radius 2 is 1.85 bits per heavy atom. The lowest BCUT2D eigenvalue weighted by molar-refractivity contribution is 0.0602. The van der Waals surface area contributed by atoms with Gasteiger partial charge in [0.2, 0.25) is 0 Å². The number of nitrogens with one attached hydrogen (secondary N) is 2. The van der Waals surface area contributed by atoms with Gasteiger partial charge in [0.05, 0.1) is 18.4 Å². The number of piperidine rings is 1. The molecule has 0 aliphatic carbocycles. The molecule has 2 aromatic rings. The normalized spacial score (nSPS) is 14.6. The van der Waals surface area contributed by atoms with Crippen molar-refractivity contribution in [1.82, 2.24) is 5.32 Å². The van der Waals surface area contributed by atoms with E-state index in [9.17, 15) is 9.59 Å². The molecule has 1 amide bonds. The molecule has 6 heteroatoms. The van der Waals surface area contributed by atoms with E-state index in [1.807, 2.05) is 19.1 Å². The molecule has 0 aromatic heterocycles. The summed E-state index contributed by atoms with van der Waals surface area (Å²) < 4.78 is 5.58. The second-order valence-corrected chi connectivity index (χ2v) is 7.65. The summed E-state index contributed by atoms with van der Waals surface area (Å²) in [5, 5.41) is 6.24. The van der Waals surface area contributed by atoms with E-state index in [4.69, 9.17) is 4.74 Å². The maximum atomic E-state index is 13.0. The highest BCUT2D eigenvalue weighted by atomic mass is 79.9. The van der Waals surface area contributed by atoms with E-state index in [0.29, 0.717) is 22.7 Å². The number of carbonyl (C=O) groups excluding carboxylic acids is 2. The van der Waals surface area contributed by atoms with Gasteiger partial charge in [-0.1, -0.05) is 28.1 Å². The smallest absolute Gasteiger partial charge is 0.339 e. The van der Waals surface area contributed by atoms with Crippen molar-refractivity contribution in [3.05, 3.63) is 63.1 Å². The van der Waals surface area contributed by atoms with Crippen LogP contribution in [0, 0.1) is 6.92 Å². The molecular weight excluding hydrogens is 408 g/mol. The minimum atomic E-state index is -0.488. The fraction of sp³-hybridized carbons (Fsp3) is 0.333. The van der Waals surface area contributed by atoms with Crippen LogP contribution < -0.4 is 10.6 Å². The van der Waals surface area contributed by atoms with Gasteiger partial charge in [0.15, 0.2) is 0 Å². The maximum absolute atomic E-state index is 13.0. The molecule has 142 valence electrons. The topological polar surface area (TPSA) is 67.4 Å². The summed E-state index contributed by atoms with van der Waals surface area (Å²) in [7, 11) is 1.32. The Hall–Kier alpha value is -2.18. The number of benzene rings is 2.